The second-order valence-corrected chi connectivity index (χ2v) is 9.35. The largest absolute Gasteiger partial charge is 0.356 e. The van der Waals surface area contributed by atoms with Crippen LogP contribution in [-0.2, 0) is 11.2 Å². The molecule has 0 spiro atoms. The zero-order valence-corrected chi connectivity index (χ0v) is 19.8. The van der Waals surface area contributed by atoms with E-state index in [0.29, 0.717) is 40.1 Å². The molecule has 4 aromatic rings. The van der Waals surface area contributed by atoms with Gasteiger partial charge in [-0.05, 0) is 44.9 Å². The van der Waals surface area contributed by atoms with E-state index in [0.717, 1.165) is 11.4 Å². The molecular formula is C24H27N5O2S. The molecule has 3 heterocycles. The van der Waals surface area contributed by atoms with Crippen molar-refractivity contribution in [1.82, 2.24) is 24.5 Å². The van der Waals surface area contributed by atoms with Gasteiger partial charge < -0.3 is 5.32 Å². The summed E-state index contributed by atoms with van der Waals surface area (Å²) < 4.78 is 3.37. The van der Waals surface area contributed by atoms with Gasteiger partial charge in [0.1, 0.15) is 5.69 Å². The van der Waals surface area contributed by atoms with Gasteiger partial charge in [0.25, 0.3) is 5.56 Å². The van der Waals surface area contributed by atoms with Crippen molar-refractivity contribution in [1.29, 1.82) is 0 Å². The number of hydrogen-bond acceptors (Lipinski definition) is 5. The van der Waals surface area contributed by atoms with Gasteiger partial charge in [0, 0.05) is 23.3 Å². The van der Waals surface area contributed by atoms with Crippen molar-refractivity contribution in [3.63, 3.8) is 0 Å². The summed E-state index contributed by atoms with van der Waals surface area (Å²) in [6, 6.07) is 9.98. The van der Waals surface area contributed by atoms with E-state index >= 15 is 0 Å². The third kappa shape index (κ3) is 4.23. The summed E-state index contributed by atoms with van der Waals surface area (Å²) in [5.74, 6) is 0.260. The average molecular weight is 450 g/mol. The van der Waals surface area contributed by atoms with E-state index in [-0.39, 0.29) is 17.9 Å². The summed E-state index contributed by atoms with van der Waals surface area (Å²) in [4.78, 5) is 31.1. The number of thiazole rings is 1. The molecule has 7 nitrogen and oxygen atoms in total. The lowest BCUT2D eigenvalue weighted by Crippen LogP contribution is -2.30. The maximum absolute atomic E-state index is 13.5. The summed E-state index contributed by atoms with van der Waals surface area (Å²) in [5, 5.41) is 9.46. The fourth-order valence-electron chi connectivity index (χ4n) is 3.61. The van der Waals surface area contributed by atoms with Gasteiger partial charge in [-0.1, -0.05) is 31.5 Å². The molecule has 166 valence electrons. The molecule has 1 N–H and O–H groups in total. The number of nitrogens with zero attached hydrogens (tertiary/aromatic N) is 4. The van der Waals surface area contributed by atoms with Crippen molar-refractivity contribution in [2.45, 2.75) is 41.0 Å². The van der Waals surface area contributed by atoms with Crippen LogP contribution in [0.5, 0.6) is 0 Å². The Kier molecular flexibility index (Phi) is 5.97. The van der Waals surface area contributed by atoms with Crippen molar-refractivity contribution in [3.8, 4) is 16.9 Å². The second-order valence-electron chi connectivity index (χ2n) is 8.52. The van der Waals surface area contributed by atoms with Crippen LogP contribution in [0, 0.1) is 26.7 Å². The fraction of sp³-hybridized carbons (Fsp3) is 0.333. The number of aryl methyl sites for hydroxylation is 3. The molecule has 32 heavy (non-hydrogen) atoms. The zero-order valence-electron chi connectivity index (χ0n) is 19.0. The molecule has 4 rings (SSSR count). The quantitative estimate of drug-likeness (QED) is 0.485. The highest BCUT2D eigenvalue weighted by atomic mass is 32.1. The highest BCUT2D eigenvalue weighted by Gasteiger charge is 2.20. The molecule has 0 aliphatic heterocycles. The number of benzene rings is 1. The van der Waals surface area contributed by atoms with Gasteiger partial charge in [0.2, 0.25) is 5.91 Å². The van der Waals surface area contributed by atoms with Gasteiger partial charge >= 0.3 is 0 Å². The van der Waals surface area contributed by atoms with E-state index < -0.39 is 0 Å². The Morgan fingerprint density at radius 3 is 2.56 bits per heavy atom. The summed E-state index contributed by atoms with van der Waals surface area (Å²) in [6.45, 7) is 10.5. The van der Waals surface area contributed by atoms with Crippen LogP contribution in [0.1, 0.15) is 36.5 Å². The number of carbonyl (C=O) groups excluding carboxylic acids is 1. The molecule has 0 unspecified atom stereocenters. The number of hydrogen-bond donors (Lipinski definition) is 1. The van der Waals surface area contributed by atoms with E-state index in [9.17, 15) is 9.59 Å². The van der Waals surface area contributed by atoms with Crippen molar-refractivity contribution < 1.29 is 4.79 Å². The monoisotopic (exact) mass is 449 g/mol. The molecule has 1 amide bonds. The maximum atomic E-state index is 13.5. The first-order valence-electron chi connectivity index (χ1n) is 10.6. The normalized spacial score (nSPS) is 11.4. The minimum absolute atomic E-state index is 0.105. The Hall–Kier alpha value is -3.26. The molecule has 0 atom stereocenters. The molecule has 3 aromatic heterocycles. The highest BCUT2D eigenvalue weighted by molar-refractivity contribution is 7.15. The Morgan fingerprint density at radius 1 is 1.16 bits per heavy atom. The van der Waals surface area contributed by atoms with Crippen LogP contribution < -0.4 is 10.9 Å². The van der Waals surface area contributed by atoms with Crippen LogP contribution in [-0.4, -0.2) is 31.6 Å². The van der Waals surface area contributed by atoms with Crippen LogP contribution >= 0.6 is 11.3 Å². The van der Waals surface area contributed by atoms with Gasteiger partial charge in [0.15, 0.2) is 4.96 Å². The lowest BCUT2D eigenvalue weighted by molar-refractivity contribution is -0.120. The van der Waals surface area contributed by atoms with E-state index in [2.05, 4.69) is 10.3 Å². The van der Waals surface area contributed by atoms with Gasteiger partial charge in [0.05, 0.1) is 23.4 Å². The summed E-state index contributed by atoms with van der Waals surface area (Å²) in [6.07, 6.45) is 0.133. The molecule has 0 fully saturated rings. The van der Waals surface area contributed by atoms with E-state index in [1.54, 1.807) is 4.40 Å². The Morgan fingerprint density at radius 2 is 1.88 bits per heavy atom. The third-order valence-electron chi connectivity index (χ3n) is 5.29. The number of rotatable bonds is 6. The van der Waals surface area contributed by atoms with E-state index in [1.807, 2.05) is 75.0 Å². The number of fused-ring (bicyclic) bond motifs is 1. The average Bonchev–Trinajstić information content (AvgIpc) is 3.30. The molecule has 0 saturated carbocycles. The van der Waals surface area contributed by atoms with Gasteiger partial charge in [-0.25, -0.2) is 9.67 Å². The topological polar surface area (TPSA) is 81.3 Å². The number of amides is 1. The van der Waals surface area contributed by atoms with E-state index in [4.69, 9.17) is 5.10 Å². The summed E-state index contributed by atoms with van der Waals surface area (Å²) >= 11 is 1.37. The highest BCUT2D eigenvalue weighted by Crippen LogP contribution is 2.23. The van der Waals surface area contributed by atoms with Crippen LogP contribution in [0.2, 0.25) is 0 Å². The van der Waals surface area contributed by atoms with Crippen LogP contribution in [0.15, 0.2) is 40.5 Å². The van der Waals surface area contributed by atoms with Crippen molar-refractivity contribution >= 4 is 22.2 Å². The van der Waals surface area contributed by atoms with Crippen molar-refractivity contribution in [2.24, 2.45) is 5.92 Å². The van der Waals surface area contributed by atoms with Crippen molar-refractivity contribution in [3.05, 3.63) is 68.7 Å². The molecule has 0 saturated heterocycles. The third-order valence-corrected chi connectivity index (χ3v) is 6.17. The molecule has 0 aliphatic carbocycles. The smallest absolute Gasteiger partial charge is 0.268 e. The van der Waals surface area contributed by atoms with E-state index in [1.165, 1.54) is 16.9 Å². The SMILES string of the molecule is Cc1ccc(-n2nc(-c3c(C)nc4scc(CC(=O)NCC(C)C)n4c3=O)cc2C)cc1. The lowest BCUT2D eigenvalue weighted by Gasteiger charge is -2.08. The summed E-state index contributed by atoms with van der Waals surface area (Å²) in [7, 11) is 0. The lowest BCUT2D eigenvalue weighted by atomic mass is 10.1. The number of nitrogens with one attached hydrogen (secondary N) is 1. The Labute approximate surface area is 190 Å². The van der Waals surface area contributed by atoms with Crippen molar-refractivity contribution in [2.75, 3.05) is 6.54 Å². The van der Waals surface area contributed by atoms with Gasteiger partial charge in [-0.3, -0.25) is 14.0 Å². The Bertz CT molecular complexity index is 1350. The maximum Gasteiger partial charge on any atom is 0.268 e. The Balaban J connectivity index is 1.75. The molecular weight excluding hydrogens is 422 g/mol. The first-order chi connectivity index (χ1) is 15.2. The standard InChI is InChI=1S/C24H27N5O2S/c1-14(2)12-25-21(30)11-19-13-32-24-26-17(5)22(23(31)28(19)24)20-10-16(4)29(27-20)18-8-6-15(3)7-9-18/h6-10,13-14H,11-12H2,1-5H3,(H,25,30). The first-order valence-corrected chi connectivity index (χ1v) is 11.5. The molecule has 0 radical (unpaired) electrons. The molecule has 0 bridgehead atoms. The first kappa shape index (κ1) is 22.0. The van der Waals surface area contributed by atoms with Crippen LogP contribution in [0.25, 0.3) is 21.9 Å². The molecule has 0 aliphatic rings. The number of carbonyl (C=O) groups is 1. The van der Waals surface area contributed by atoms with Gasteiger partial charge in [-0.15, -0.1) is 11.3 Å². The number of aromatic nitrogens is 4. The van der Waals surface area contributed by atoms with Gasteiger partial charge in [-0.2, -0.15) is 5.10 Å². The minimum Gasteiger partial charge on any atom is -0.356 e. The molecule has 1 aromatic carbocycles. The second kappa shape index (κ2) is 8.70. The summed E-state index contributed by atoms with van der Waals surface area (Å²) in [5.41, 5.74) is 5.13. The predicted octanol–water partition coefficient (Wildman–Crippen LogP) is 3.85. The van der Waals surface area contributed by atoms with Crippen LogP contribution in [0.3, 0.4) is 0 Å². The zero-order chi connectivity index (χ0) is 23.0. The van der Waals surface area contributed by atoms with Crippen LogP contribution in [0.4, 0.5) is 0 Å². The minimum atomic E-state index is -0.200. The fourth-order valence-corrected chi connectivity index (χ4v) is 4.54. The predicted molar refractivity (Wildman–Crippen MR) is 128 cm³/mol. The molecule has 8 heteroatoms.